The standard InChI is InChI=1S/C23H26FNO3/c24-19-7-5-18(6-8-19)23(11-1-12-23)16-25-22(26)10-4-17-3-9-20-21(15-17)28-14-2-13-27-20/h3,5-9,15H,1-2,4,10-14,16H2,(H,25,26). The molecule has 1 amide bonds. The molecule has 148 valence electrons. The molecule has 1 N–H and O–H groups in total. The minimum atomic E-state index is -0.225. The molecular weight excluding hydrogens is 357 g/mol. The van der Waals surface area contributed by atoms with E-state index in [1.807, 2.05) is 30.3 Å². The molecule has 1 fully saturated rings. The van der Waals surface area contributed by atoms with Crippen molar-refractivity contribution in [2.24, 2.45) is 0 Å². The third-order valence-electron chi connectivity index (χ3n) is 5.84. The number of hydrogen-bond acceptors (Lipinski definition) is 3. The zero-order valence-corrected chi connectivity index (χ0v) is 16.0. The first-order chi connectivity index (χ1) is 13.6. The summed E-state index contributed by atoms with van der Waals surface area (Å²) in [4.78, 5) is 12.4. The predicted molar refractivity (Wildman–Crippen MR) is 105 cm³/mol. The van der Waals surface area contributed by atoms with Crippen LogP contribution in [0, 0.1) is 5.82 Å². The van der Waals surface area contributed by atoms with Crippen LogP contribution >= 0.6 is 0 Å². The van der Waals surface area contributed by atoms with Crippen LogP contribution in [0.15, 0.2) is 42.5 Å². The Morgan fingerprint density at radius 1 is 1.00 bits per heavy atom. The van der Waals surface area contributed by atoms with Gasteiger partial charge in [-0.2, -0.15) is 0 Å². The lowest BCUT2D eigenvalue weighted by molar-refractivity contribution is -0.121. The molecule has 0 aromatic heterocycles. The highest BCUT2D eigenvalue weighted by Gasteiger charge is 2.38. The molecule has 0 bridgehead atoms. The number of amides is 1. The molecule has 1 aliphatic heterocycles. The summed E-state index contributed by atoms with van der Waals surface area (Å²) in [5.74, 6) is 1.36. The molecule has 1 heterocycles. The third kappa shape index (κ3) is 4.13. The lowest BCUT2D eigenvalue weighted by Gasteiger charge is -2.42. The van der Waals surface area contributed by atoms with E-state index in [0.717, 1.165) is 48.3 Å². The van der Waals surface area contributed by atoms with E-state index < -0.39 is 0 Å². The Kier molecular flexibility index (Phi) is 5.51. The summed E-state index contributed by atoms with van der Waals surface area (Å²) in [6.45, 7) is 1.94. The van der Waals surface area contributed by atoms with Crippen LogP contribution in [-0.2, 0) is 16.6 Å². The van der Waals surface area contributed by atoms with Gasteiger partial charge in [0, 0.05) is 24.8 Å². The van der Waals surface area contributed by atoms with Gasteiger partial charge in [-0.15, -0.1) is 0 Å². The Bertz CT molecular complexity index is 830. The second-order valence-electron chi connectivity index (χ2n) is 7.75. The smallest absolute Gasteiger partial charge is 0.220 e. The topological polar surface area (TPSA) is 47.6 Å². The van der Waals surface area contributed by atoms with Gasteiger partial charge in [-0.1, -0.05) is 24.6 Å². The van der Waals surface area contributed by atoms with Crippen molar-refractivity contribution in [1.82, 2.24) is 5.32 Å². The van der Waals surface area contributed by atoms with E-state index in [1.165, 1.54) is 12.1 Å². The zero-order chi connectivity index (χ0) is 19.4. The lowest BCUT2D eigenvalue weighted by atomic mass is 9.64. The van der Waals surface area contributed by atoms with Gasteiger partial charge in [0.2, 0.25) is 5.91 Å². The van der Waals surface area contributed by atoms with Crippen LogP contribution in [0.4, 0.5) is 4.39 Å². The number of benzene rings is 2. The van der Waals surface area contributed by atoms with Gasteiger partial charge in [-0.3, -0.25) is 4.79 Å². The molecule has 0 saturated heterocycles. The van der Waals surface area contributed by atoms with E-state index >= 15 is 0 Å². The van der Waals surface area contributed by atoms with Gasteiger partial charge in [0.05, 0.1) is 13.2 Å². The molecule has 0 spiro atoms. The van der Waals surface area contributed by atoms with Crippen LogP contribution in [0.25, 0.3) is 0 Å². The molecule has 1 aliphatic carbocycles. The van der Waals surface area contributed by atoms with Crippen LogP contribution < -0.4 is 14.8 Å². The highest BCUT2D eigenvalue weighted by atomic mass is 19.1. The zero-order valence-electron chi connectivity index (χ0n) is 16.0. The van der Waals surface area contributed by atoms with Crippen LogP contribution in [0.2, 0.25) is 0 Å². The fourth-order valence-corrected chi connectivity index (χ4v) is 3.95. The van der Waals surface area contributed by atoms with Gasteiger partial charge in [0.1, 0.15) is 5.82 Å². The Balaban J connectivity index is 1.31. The molecule has 5 heteroatoms. The molecular formula is C23H26FNO3. The van der Waals surface area contributed by atoms with E-state index in [2.05, 4.69) is 5.32 Å². The summed E-state index contributed by atoms with van der Waals surface area (Å²) in [5.41, 5.74) is 2.14. The van der Waals surface area contributed by atoms with E-state index in [9.17, 15) is 9.18 Å². The molecule has 4 rings (SSSR count). The molecule has 28 heavy (non-hydrogen) atoms. The number of rotatable bonds is 6. The van der Waals surface area contributed by atoms with Crippen LogP contribution in [0.1, 0.15) is 43.2 Å². The second-order valence-corrected chi connectivity index (χ2v) is 7.75. The number of carbonyl (C=O) groups excluding carboxylic acids is 1. The van der Waals surface area contributed by atoms with Gasteiger partial charge in [0.15, 0.2) is 11.5 Å². The Labute approximate surface area is 165 Å². The van der Waals surface area contributed by atoms with Crippen molar-refractivity contribution in [2.45, 2.75) is 43.9 Å². The molecule has 2 aromatic rings. The van der Waals surface area contributed by atoms with Crippen molar-refractivity contribution in [2.75, 3.05) is 19.8 Å². The Morgan fingerprint density at radius 2 is 1.75 bits per heavy atom. The summed E-state index contributed by atoms with van der Waals surface area (Å²) in [6, 6.07) is 12.6. The average molecular weight is 383 g/mol. The number of ether oxygens (including phenoxy) is 2. The number of carbonyl (C=O) groups is 1. The van der Waals surface area contributed by atoms with Crippen molar-refractivity contribution in [1.29, 1.82) is 0 Å². The summed E-state index contributed by atoms with van der Waals surface area (Å²) < 4.78 is 24.6. The molecule has 4 nitrogen and oxygen atoms in total. The minimum absolute atomic E-state index is 0.0421. The van der Waals surface area contributed by atoms with Crippen molar-refractivity contribution >= 4 is 5.91 Å². The van der Waals surface area contributed by atoms with Gasteiger partial charge in [-0.25, -0.2) is 4.39 Å². The molecule has 2 aliphatic rings. The van der Waals surface area contributed by atoms with Crippen molar-refractivity contribution in [3.8, 4) is 11.5 Å². The van der Waals surface area contributed by atoms with Crippen molar-refractivity contribution in [3.63, 3.8) is 0 Å². The normalized spacial score (nSPS) is 17.3. The maximum atomic E-state index is 13.2. The van der Waals surface area contributed by atoms with Gasteiger partial charge < -0.3 is 14.8 Å². The highest BCUT2D eigenvalue weighted by molar-refractivity contribution is 5.76. The van der Waals surface area contributed by atoms with Gasteiger partial charge in [0.25, 0.3) is 0 Å². The summed E-state index contributed by atoms with van der Waals surface area (Å²) in [6.07, 6.45) is 5.17. The first kappa shape index (κ1) is 18.8. The van der Waals surface area contributed by atoms with Crippen LogP contribution in [-0.4, -0.2) is 25.7 Å². The highest BCUT2D eigenvalue weighted by Crippen LogP contribution is 2.43. The van der Waals surface area contributed by atoms with E-state index in [0.29, 0.717) is 32.6 Å². The third-order valence-corrected chi connectivity index (χ3v) is 5.84. The van der Waals surface area contributed by atoms with Gasteiger partial charge in [-0.05, 0) is 54.7 Å². The van der Waals surface area contributed by atoms with Gasteiger partial charge >= 0.3 is 0 Å². The fraction of sp³-hybridized carbons (Fsp3) is 0.435. The summed E-state index contributed by atoms with van der Waals surface area (Å²) in [5, 5.41) is 3.09. The van der Waals surface area contributed by atoms with Crippen LogP contribution in [0.3, 0.4) is 0 Å². The van der Waals surface area contributed by atoms with Crippen molar-refractivity contribution in [3.05, 3.63) is 59.4 Å². The van der Waals surface area contributed by atoms with E-state index in [4.69, 9.17) is 9.47 Å². The maximum Gasteiger partial charge on any atom is 0.220 e. The average Bonchev–Trinajstić information content (AvgIpc) is 2.91. The number of hydrogen-bond donors (Lipinski definition) is 1. The predicted octanol–water partition coefficient (Wildman–Crippen LogP) is 4.16. The lowest BCUT2D eigenvalue weighted by Crippen LogP contribution is -2.45. The SMILES string of the molecule is O=C(CCc1ccc2c(c1)OCCCO2)NCC1(c2ccc(F)cc2)CCC1. The quantitative estimate of drug-likeness (QED) is 0.815. The fourth-order valence-electron chi connectivity index (χ4n) is 3.95. The summed E-state index contributed by atoms with van der Waals surface area (Å²) >= 11 is 0. The monoisotopic (exact) mass is 383 g/mol. The number of aryl methyl sites for hydroxylation is 1. The van der Waals surface area contributed by atoms with Crippen LogP contribution in [0.5, 0.6) is 11.5 Å². The second kappa shape index (κ2) is 8.21. The molecule has 2 aromatic carbocycles. The van der Waals surface area contributed by atoms with Crippen molar-refractivity contribution < 1.29 is 18.7 Å². The minimum Gasteiger partial charge on any atom is -0.490 e. The van der Waals surface area contributed by atoms with E-state index in [-0.39, 0.29) is 17.1 Å². The maximum absolute atomic E-state index is 13.2. The molecule has 1 saturated carbocycles. The summed E-state index contributed by atoms with van der Waals surface area (Å²) in [7, 11) is 0. The Hall–Kier alpha value is -2.56. The van der Waals surface area contributed by atoms with E-state index in [1.54, 1.807) is 0 Å². The molecule has 0 radical (unpaired) electrons. The first-order valence-electron chi connectivity index (χ1n) is 10.1. The number of nitrogens with one attached hydrogen (secondary N) is 1. The first-order valence-corrected chi connectivity index (χ1v) is 10.1. The number of halogens is 1. The number of fused-ring (bicyclic) bond motifs is 1. The molecule has 0 unspecified atom stereocenters. The Morgan fingerprint density at radius 3 is 2.46 bits per heavy atom. The largest absolute Gasteiger partial charge is 0.490 e. The molecule has 0 atom stereocenters.